The number of methoxy groups -OCH3 is 1. The molecule has 7 aromatic rings. The van der Waals surface area contributed by atoms with Crippen LogP contribution in [0.25, 0.3) is 32.9 Å². The molecule has 0 amide bonds. The van der Waals surface area contributed by atoms with E-state index in [9.17, 15) is 4.79 Å². The number of rotatable bonds is 13. The van der Waals surface area contributed by atoms with E-state index in [0.717, 1.165) is 12.0 Å². The highest BCUT2D eigenvalue weighted by Crippen LogP contribution is 2.46. The van der Waals surface area contributed by atoms with Crippen LogP contribution in [0.5, 0.6) is 11.6 Å². The lowest BCUT2D eigenvalue weighted by Crippen LogP contribution is -2.67. The lowest BCUT2D eigenvalue weighted by atomic mass is 9.95. The Labute approximate surface area is 431 Å². The molecule has 4 heterocycles. The van der Waals surface area contributed by atoms with Gasteiger partial charge in [-0.1, -0.05) is 165 Å². The number of aromatic nitrogens is 2. The van der Waals surface area contributed by atoms with Crippen LogP contribution in [0.15, 0.2) is 126 Å². The summed E-state index contributed by atoms with van der Waals surface area (Å²) in [4.78, 5) is 22.3. The van der Waals surface area contributed by atoms with Crippen molar-refractivity contribution in [1.82, 2.24) is 9.55 Å². The first-order chi connectivity index (χ1) is 35.0. The highest BCUT2D eigenvalue weighted by atomic mass is 28.4. The molecule has 0 aliphatic carbocycles. The van der Waals surface area contributed by atoms with Gasteiger partial charge in [-0.05, 0) is 80.4 Å². The van der Waals surface area contributed by atoms with Crippen molar-refractivity contribution in [2.24, 2.45) is 0 Å². The van der Waals surface area contributed by atoms with Crippen LogP contribution < -0.4 is 30.3 Å². The van der Waals surface area contributed by atoms with Gasteiger partial charge in [0.25, 0.3) is 13.9 Å². The lowest BCUT2D eigenvalue weighted by Gasteiger charge is -2.45. The summed E-state index contributed by atoms with van der Waals surface area (Å²) in [6.07, 6.45) is 2.00. The zero-order valence-corrected chi connectivity index (χ0v) is 46.0. The van der Waals surface area contributed by atoms with Crippen LogP contribution in [-0.2, 0) is 15.7 Å². The van der Waals surface area contributed by atoms with Crippen molar-refractivity contribution >= 4 is 54.1 Å². The number of benzene rings is 5. The quantitative estimate of drug-likeness (QED) is 0.0647. The Balaban J connectivity index is 1.24. The first kappa shape index (κ1) is 51.8. The van der Waals surface area contributed by atoms with Crippen LogP contribution in [-0.4, -0.2) is 65.1 Å². The van der Waals surface area contributed by atoms with Crippen molar-refractivity contribution < 1.29 is 27.4 Å². The Morgan fingerprint density at radius 1 is 0.795 bits per heavy atom. The molecule has 12 heteroatoms. The van der Waals surface area contributed by atoms with Crippen molar-refractivity contribution in [2.75, 3.05) is 32.0 Å². The van der Waals surface area contributed by atoms with Crippen molar-refractivity contribution in [3.8, 4) is 34.4 Å². The summed E-state index contributed by atoms with van der Waals surface area (Å²) in [7, 11) is -3.74. The molecular weight excluding hydrogens is 949 g/mol. The zero-order chi connectivity index (χ0) is 51.8. The van der Waals surface area contributed by atoms with Gasteiger partial charge in [0.1, 0.15) is 31.9 Å². The second-order valence-electron chi connectivity index (χ2n) is 21.9. The number of anilines is 1. The molecule has 0 saturated carbocycles. The highest BCUT2D eigenvalue weighted by Gasteiger charge is 2.52. The Kier molecular flexibility index (Phi) is 14.9. The van der Waals surface area contributed by atoms with Crippen molar-refractivity contribution in [2.45, 2.75) is 122 Å². The molecular formula is C61H69F2N3O5Si2. The summed E-state index contributed by atoms with van der Waals surface area (Å²) in [6.45, 7) is 21.0. The molecule has 9 rings (SSSR count). The minimum absolute atomic E-state index is 0.0580. The van der Waals surface area contributed by atoms with E-state index < -0.39 is 28.0 Å². The molecule has 2 aromatic heterocycles. The molecule has 73 heavy (non-hydrogen) atoms. The second-order valence-corrected chi connectivity index (χ2v) is 31.7. The highest BCUT2D eigenvalue weighted by molar-refractivity contribution is 6.99. The molecule has 0 radical (unpaired) electrons. The number of hydrogen-bond acceptors (Lipinski definition) is 7. The summed E-state index contributed by atoms with van der Waals surface area (Å²) < 4.78 is 62.8. The third-order valence-electron chi connectivity index (χ3n) is 15.7. The van der Waals surface area contributed by atoms with E-state index in [1.54, 1.807) is 24.3 Å². The summed E-state index contributed by atoms with van der Waals surface area (Å²) in [5.74, 6) is 2.70. The van der Waals surface area contributed by atoms with Gasteiger partial charge >= 0.3 is 0 Å². The van der Waals surface area contributed by atoms with Crippen LogP contribution in [0, 0.1) is 23.1 Å². The number of pyridine rings is 2. The van der Waals surface area contributed by atoms with Gasteiger partial charge in [0, 0.05) is 36.8 Å². The van der Waals surface area contributed by atoms with Gasteiger partial charge in [-0.15, -0.1) is 5.54 Å². The maximum atomic E-state index is 18.7. The van der Waals surface area contributed by atoms with Gasteiger partial charge in [-0.25, -0.2) is 13.8 Å². The number of halogens is 2. The fourth-order valence-electron chi connectivity index (χ4n) is 12.2. The van der Waals surface area contributed by atoms with E-state index in [2.05, 4.69) is 139 Å². The Morgan fingerprint density at radius 2 is 1.42 bits per heavy atom. The molecule has 2 atom stereocenters. The van der Waals surface area contributed by atoms with E-state index in [-0.39, 0.29) is 70.9 Å². The minimum Gasteiger partial charge on any atom is -0.475 e. The molecule has 0 unspecified atom stereocenters. The van der Waals surface area contributed by atoms with E-state index >= 15 is 8.78 Å². The fraction of sp³-hybridized carbons (Fsp3) is 0.377. The SMILES string of the molecule is COCOc1cc(-c2nc3c4c(cc(=O)n(Cc5ccccc5)c4c2F)N2CC[C@@H](O[Si](c4ccccc4)(c4ccccc4)C(C)(C)C)CC[C@H]2CO3)c2c(C#C[Si](C(C)C)(C(C)C)C(C)C)c(F)ccc2c1. The Morgan fingerprint density at radius 3 is 2.03 bits per heavy atom. The molecule has 5 aromatic carbocycles. The number of hydrogen-bond donors (Lipinski definition) is 0. The molecule has 1 saturated heterocycles. The van der Waals surface area contributed by atoms with Crippen molar-refractivity contribution in [1.29, 1.82) is 0 Å². The fourth-order valence-corrected chi connectivity index (χ4v) is 22.2. The predicted octanol–water partition coefficient (Wildman–Crippen LogP) is 12.8. The average molecular weight is 1020 g/mol. The van der Waals surface area contributed by atoms with Crippen molar-refractivity contribution in [3.63, 3.8) is 0 Å². The predicted molar refractivity (Wildman–Crippen MR) is 298 cm³/mol. The minimum atomic E-state index is -2.90. The average Bonchev–Trinajstić information content (AvgIpc) is 3.65. The normalized spacial score (nSPS) is 16.3. The molecule has 0 bridgehead atoms. The van der Waals surface area contributed by atoms with Crippen molar-refractivity contribution in [3.05, 3.63) is 154 Å². The standard InChI is InChI=1S/C61H69F2N3O5Si2/c1-40(2)72(41(3)4,42(5)6)33-31-50-52(62)29-26-44-34-47(70-39-68-10)35-51(55(44)50)58-57(63)59-56-53(36-54(67)66(59)37-43-20-14-11-15-21-43)65-32-30-46(28-27-45(65)38-69-60(56)64-58)71-73(61(7,8)9,48-22-16-12-17-23-48)49-24-18-13-19-25-49/h11-26,29,34-36,40-42,45-46H,27-28,30,32,37-39H2,1-10H3/t45-,46-/m0/s1. The number of nitrogens with zero attached hydrogens (tertiary/aromatic N) is 3. The van der Waals surface area contributed by atoms with Gasteiger partial charge in [0.2, 0.25) is 5.88 Å². The third-order valence-corrected chi connectivity index (χ3v) is 27.0. The van der Waals surface area contributed by atoms with Crippen LogP contribution in [0.1, 0.15) is 92.7 Å². The molecule has 0 N–H and O–H groups in total. The summed E-state index contributed by atoms with van der Waals surface area (Å²) in [6, 6.07) is 38.9. The van der Waals surface area contributed by atoms with E-state index in [4.69, 9.17) is 23.6 Å². The molecule has 0 spiro atoms. The molecule has 8 nitrogen and oxygen atoms in total. The van der Waals surface area contributed by atoms with Crippen LogP contribution >= 0.6 is 0 Å². The van der Waals surface area contributed by atoms with Gasteiger partial charge in [-0.3, -0.25) is 4.79 Å². The second kappa shape index (κ2) is 21.0. The summed E-state index contributed by atoms with van der Waals surface area (Å²) in [5.41, 5.74) is 6.01. The topological polar surface area (TPSA) is 75.1 Å². The number of fused-ring (bicyclic) bond motifs is 3. The monoisotopic (exact) mass is 1020 g/mol. The molecule has 2 aliphatic heterocycles. The Bertz CT molecular complexity index is 3180. The summed E-state index contributed by atoms with van der Waals surface area (Å²) in [5, 5.41) is 3.62. The van der Waals surface area contributed by atoms with Gasteiger partial charge < -0.3 is 28.1 Å². The third kappa shape index (κ3) is 9.54. The first-order valence-corrected chi connectivity index (χ1v) is 30.0. The molecule has 1 fully saturated rings. The van der Waals surface area contributed by atoms with Crippen LogP contribution in [0.3, 0.4) is 0 Å². The smallest absolute Gasteiger partial charge is 0.261 e. The van der Waals surface area contributed by atoms with Gasteiger partial charge in [-0.2, -0.15) is 0 Å². The van der Waals surface area contributed by atoms with E-state index in [1.165, 1.54) is 28.1 Å². The first-order valence-electron chi connectivity index (χ1n) is 25.9. The number of ether oxygens (including phenoxy) is 3. The van der Waals surface area contributed by atoms with Crippen LogP contribution in [0.2, 0.25) is 21.7 Å². The molecule has 380 valence electrons. The lowest BCUT2D eigenvalue weighted by molar-refractivity contribution is 0.0512. The van der Waals surface area contributed by atoms with Gasteiger partial charge in [0.15, 0.2) is 12.6 Å². The van der Waals surface area contributed by atoms with E-state index in [1.807, 2.05) is 30.3 Å². The maximum Gasteiger partial charge on any atom is 0.261 e. The largest absolute Gasteiger partial charge is 0.475 e. The zero-order valence-electron chi connectivity index (χ0n) is 44.0. The van der Waals surface area contributed by atoms with Crippen LogP contribution in [0.4, 0.5) is 14.5 Å². The van der Waals surface area contributed by atoms with E-state index in [0.29, 0.717) is 63.6 Å². The molecule has 2 aliphatic rings. The van der Waals surface area contributed by atoms with Gasteiger partial charge in [0.05, 0.1) is 34.7 Å². The maximum absolute atomic E-state index is 18.7. The Hall–Kier alpha value is -6.11. The summed E-state index contributed by atoms with van der Waals surface area (Å²) >= 11 is 0.